The van der Waals surface area contributed by atoms with Crippen molar-refractivity contribution < 1.29 is 4.74 Å². The molecule has 0 bridgehead atoms. The second-order valence-corrected chi connectivity index (χ2v) is 4.63. The maximum atomic E-state index is 6.05. The zero-order chi connectivity index (χ0) is 12.3. The van der Waals surface area contributed by atoms with Crippen molar-refractivity contribution in [1.29, 1.82) is 0 Å². The molecule has 1 saturated heterocycles. The van der Waals surface area contributed by atoms with Crippen LogP contribution < -0.4 is 10.6 Å². The molecule has 0 amide bonds. The minimum atomic E-state index is 0.292. The van der Waals surface area contributed by atoms with Gasteiger partial charge in [0.1, 0.15) is 0 Å². The number of nitrogens with two attached hydrogens (primary N) is 1. The Hall–Kier alpha value is -1.29. The lowest BCUT2D eigenvalue weighted by molar-refractivity contribution is 0.0664. The average Bonchev–Trinajstić information content (AvgIpc) is 2.54. The molecule has 2 heterocycles. The molecule has 0 spiro atoms. The van der Waals surface area contributed by atoms with Gasteiger partial charge in [-0.2, -0.15) is 0 Å². The molecule has 1 aromatic heterocycles. The van der Waals surface area contributed by atoms with E-state index in [1.807, 2.05) is 19.2 Å². The number of ether oxygens (including phenoxy) is 1. The summed E-state index contributed by atoms with van der Waals surface area (Å²) in [7, 11) is 0. The smallest absolute Gasteiger partial charge is 0.151 e. The summed E-state index contributed by atoms with van der Waals surface area (Å²) in [6.45, 7) is 6.85. The van der Waals surface area contributed by atoms with Crippen LogP contribution in [0.5, 0.6) is 0 Å². The Balaban J connectivity index is 2.19. The molecule has 0 saturated carbocycles. The van der Waals surface area contributed by atoms with Gasteiger partial charge in [-0.15, -0.1) is 0 Å². The number of hydrogen-bond donors (Lipinski definition) is 1. The molecule has 0 aliphatic carbocycles. The Morgan fingerprint density at radius 3 is 3.12 bits per heavy atom. The zero-order valence-electron chi connectivity index (χ0n) is 10.6. The molecule has 0 radical (unpaired) electrons. The minimum Gasteiger partial charge on any atom is -0.396 e. The molecule has 1 atom stereocenters. The molecule has 2 N–H and O–H groups in total. The van der Waals surface area contributed by atoms with Crippen molar-refractivity contribution in [2.45, 2.75) is 32.8 Å². The van der Waals surface area contributed by atoms with Gasteiger partial charge < -0.3 is 15.4 Å². The van der Waals surface area contributed by atoms with Crippen molar-refractivity contribution in [3.05, 3.63) is 17.8 Å². The van der Waals surface area contributed by atoms with Crippen molar-refractivity contribution in [3.63, 3.8) is 0 Å². The van der Waals surface area contributed by atoms with Crippen LogP contribution in [0.1, 0.15) is 25.3 Å². The summed E-state index contributed by atoms with van der Waals surface area (Å²) in [5, 5.41) is 0. The topological polar surface area (TPSA) is 51.4 Å². The number of nitrogen functional groups attached to an aromatic ring is 1. The summed E-state index contributed by atoms with van der Waals surface area (Å²) in [4.78, 5) is 6.70. The Morgan fingerprint density at radius 1 is 1.59 bits per heavy atom. The number of anilines is 2. The zero-order valence-corrected chi connectivity index (χ0v) is 10.6. The highest BCUT2D eigenvalue weighted by Gasteiger charge is 2.19. The van der Waals surface area contributed by atoms with Crippen LogP contribution in [-0.2, 0) is 4.74 Å². The maximum Gasteiger partial charge on any atom is 0.151 e. The summed E-state index contributed by atoms with van der Waals surface area (Å²) in [5.41, 5.74) is 7.91. The van der Waals surface area contributed by atoms with E-state index in [0.717, 1.165) is 49.6 Å². The molecular weight excluding hydrogens is 214 g/mol. The predicted octanol–water partition coefficient (Wildman–Crippen LogP) is 1.98. The lowest BCUT2D eigenvalue weighted by Gasteiger charge is -2.25. The quantitative estimate of drug-likeness (QED) is 0.851. The molecule has 1 fully saturated rings. The van der Waals surface area contributed by atoms with Crippen LogP contribution in [0, 0.1) is 6.92 Å². The van der Waals surface area contributed by atoms with E-state index in [0.29, 0.717) is 6.10 Å². The van der Waals surface area contributed by atoms with E-state index >= 15 is 0 Å². The third kappa shape index (κ3) is 2.88. The Morgan fingerprint density at radius 2 is 2.41 bits per heavy atom. The average molecular weight is 235 g/mol. The number of aryl methyl sites for hydroxylation is 1. The van der Waals surface area contributed by atoms with Crippen molar-refractivity contribution in [1.82, 2.24) is 4.98 Å². The summed E-state index contributed by atoms with van der Waals surface area (Å²) in [6, 6.07) is 1.98. The standard InChI is InChI=1S/C13H21N3O/c1-3-11-9-16(5-4-6-17-11)13-12(14)7-10(2)8-15-13/h7-8,11H,3-6,9,14H2,1-2H3. The third-order valence-corrected chi connectivity index (χ3v) is 3.14. The van der Waals surface area contributed by atoms with Gasteiger partial charge in [0.25, 0.3) is 0 Å². The molecule has 1 aromatic rings. The van der Waals surface area contributed by atoms with Crippen LogP contribution >= 0.6 is 0 Å². The van der Waals surface area contributed by atoms with Crippen molar-refractivity contribution in [2.75, 3.05) is 30.3 Å². The van der Waals surface area contributed by atoms with Crippen LogP contribution in [0.4, 0.5) is 11.5 Å². The lowest BCUT2D eigenvalue weighted by atomic mass is 10.2. The number of pyridine rings is 1. The Kier molecular flexibility index (Phi) is 3.84. The first-order valence-electron chi connectivity index (χ1n) is 6.29. The Bertz CT molecular complexity index is 381. The first kappa shape index (κ1) is 12.2. The van der Waals surface area contributed by atoms with Gasteiger partial charge in [0.05, 0.1) is 11.8 Å². The van der Waals surface area contributed by atoms with Gasteiger partial charge in [0.2, 0.25) is 0 Å². The monoisotopic (exact) mass is 235 g/mol. The second-order valence-electron chi connectivity index (χ2n) is 4.63. The summed E-state index contributed by atoms with van der Waals surface area (Å²) in [6.07, 6.45) is 4.23. The Labute approximate surface area is 103 Å². The van der Waals surface area contributed by atoms with E-state index in [2.05, 4.69) is 16.8 Å². The lowest BCUT2D eigenvalue weighted by Crippen LogP contribution is -2.32. The molecule has 1 aliphatic rings. The van der Waals surface area contributed by atoms with Crippen molar-refractivity contribution >= 4 is 11.5 Å². The fourth-order valence-corrected chi connectivity index (χ4v) is 2.18. The van der Waals surface area contributed by atoms with Crippen molar-refractivity contribution in [3.8, 4) is 0 Å². The van der Waals surface area contributed by atoms with E-state index in [4.69, 9.17) is 10.5 Å². The van der Waals surface area contributed by atoms with Gasteiger partial charge in [-0.1, -0.05) is 6.92 Å². The largest absolute Gasteiger partial charge is 0.396 e. The highest BCUT2D eigenvalue weighted by molar-refractivity contribution is 5.63. The highest BCUT2D eigenvalue weighted by Crippen LogP contribution is 2.23. The van der Waals surface area contributed by atoms with Gasteiger partial charge in [0.15, 0.2) is 5.82 Å². The molecular formula is C13H21N3O. The normalized spacial score (nSPS) is 21.3. The molecule has 1 unspecified atom stereocenters. The van der Waals surface area contributed by atoms with Gasteiger partial charge in [0, 0.05) is 25.9 Å². The van der Waals surface area contributed by atoms with E-state index in [1.54, 1.807) is 0 Å². The summed E-state index contributed by atoms with van der Waals surface area (Å²) >= 11 is 0. The fourth-order valence-electron chi connectivity index (χ4n) is 2.18. The number of rotatable bonds is 2. The van der Waals surface area contributed by atoms with Crippen LogP contribution in [-0.4, -0.2) is 30.8 Å². The van der Waals surface area contributed by atoms with Crippen molar-refractivity contribution in [2.24, 2.45) is 0 Å². The van der Waals surface area contributed by atoms with Gasteiger partial charge in [-0.25, -0.2) is 4.98 Å². The summed E-state index contributed by atoms with van der Waals surface area (Å²) < 4.78 is 5.76. The molecule has 2 rings (SSSR count). The van der Waals surface area contributed by atoms with E-state index in [9.17, 15) is 0 Å². The van der Waals surface area contributed by atoms with Crippen LogP contribution in [0.25, 0.3) is 0 Å². The van der Waals surface area contributed by atoms with Gasteiger partial charge >= 0.3 is 0 Å². The van der Waals surface area contributed by atoms with E-state index in [1.165, 1.54) is 0 Å². The summed E-state index contributed by atoms with van der Waals surface area (Å²) in [5.74, 6) is 0.902. The molecule has 4 heteroatoms. The molecule has 4 nitrogen and oxygen atoms in total. The minimum absolute atomic E-state index is 0.292. The number of aromatic nitrogens is 1. The van der Waals surface area contributed by atoms with Crippen LogP contribution in [0.2, 0.25) is 0 Å². The SMILES string of the molecule is CCC1CN(c2ncc(C)cc2N)CCCO1. The molecule has 0 aromatic carbocycles. The molecule has 1 aliphatic heterocycles. The fraction of sp³-hybridized carbons (Fsp3) is 0.615. The predicted molar refractivity (Wildman–Crippen MR) is 70.2 cm³/mol. The first-order chi connectivity index (χ1) is 8.20. The number of nitrogens with zero attached hydrogens (tertiary/aromatic N) is 2. The first-order valence-corrected chi connectivity index (χ1v) is 6.29. The van der Waals surface area contributed by atoms with E-state index in [-0.39, 0.29) is 0 Å². The second kappa shape index (κ2) is 5.36. The third-order valence-electron chi connectivity index (χ3n) is 3.14. The maximum absolute atomic E-state index is 6.05. The van der Waals surface area contributed by atoms with Crippen LogP contribution in [0.15, 0.2) is 12.3 Å². The van der Waals surface area contributed by atoms with E-state index < -0.39 is 0 Å². The van der Waals surface area contributed by atoms with Gasteiger partial charge in [-0.3, -0.25) is 0 Å². The van der Waals surface area contributed by atoms with Gasteiger partial charge in [-0.05, 0) is 31.4 Å². The molecule has 94 valence electrons. The molecule has 17 heavy (non-hydrogen) atoms. The highest BCUT2D eigenvalue weighted by atomic mass is 16.5. The number of hydrogen-bond acceptors (Lipinski definition) is 4. The van der Waals surface area contributed by atoms with Crippen LogP contribution in [0.3, 0.4) is 0 Å².